The quantitative estimate of drug-likeness (QED) is 0.144. The number of hydrogen-bond donors (Lipinski definition) is 7. The van der Waals surface area contributed by atoms with Crippen LogP contribution < -0.4 is 31.7 Å². The molecule has 4 rings (SSSR count). The van der Waals surface area contributed by atoms with Crippen molar-refractivity contribution in [1.29, 1.82) is 0 Å². The molecule has 6 amide bonds. The minimum Gasteiger partial charge on any atom is -0.508 e. The summed E-state index contributed by atoms with van der Waals surface area (Å²) in [5, 5.41) is 33.7. The number of rotatable bonds is 14. The van der Waals surface area contributed by atoms with Gasteiger partial charge in [0.2, 0.25) is 29.5 Å². The van der Waals surface area contributed by atoms with Gasteiger partial charge >= 0.3 is 5.97 Å². The number of likely N-dealkylation sites (tertiary alicyclic amines) is 1. The van der Waals surface area contributed by atoms with Crippen LogP contribution in [0.2, 0.25) is 0 Å². The molecule has 0 unspecified atom stereocenters. The Kier molecular flexibility index (Phi) is 21.0. The van der Waals surface area contributed by atoms with E-state index >= 15 is 0 Å². The molecule has 8 N–H and O–H groups in total. The summed E-state index contributed by atoms with van der Waals surface area (Å²) >= 11 is 3.05. The standard InChI is InChI=1S/C44H61N7O11S2/c1-4-27(2)39-43(59)49-35(26-64-25-30-18-29(24-63-3)19-32(20-30)61-16-7-5-6-8-17-62-46-23-37(53)50-39)41(57)48-34(21-28-11-13-31(52)14-12-28)44(60)51-15-9-10-36(51)42(58)47-33(40(45)56)22-38(54)55/h11-14,18-20,23,27,33-36,39,52H,4-10,15-17,21-22,24-26H2,1-3H3,(H2,45,56)(H,47,58)(H,48,57)(H,49,59)(H,50,53)(H,54,55)/b46-23+/t27-,33-,34-,35-,36-,39-/m0/s1. The average molecular weight is 928 g/mol. The molecule has 0 spiro atoms. The zero-order valence-electron chi connectivity index (χ0n) is 36.5. The third-order valence-corrected chi connectivity index (χ3v) is 12.6. The molecule has 0 radical (unpaired) electrons. The Bertz CT molecular complexity index is 1950. The first-order valence-electron chi connectivity index (χ1n) is 21.5. The number of nitrogens with one attached hydrogen (secondary N) is 4. The minimum atomic E-state index is -1.52. The van der Waals surface area contributed by atoms with Crippen LogP contribution in [0.1, 0.15) is 81.9 Å². The molecule has 2 aliphatic rings. The fraction of sp³-hybridized carbons (Fsp3) is 0.545. The van der Waals surface area contributed by atoms with Crippen molar-refractivity contribution in [2.24, 2.45) is 16.8 Å². The number of oxime groups is 1. The highest BCUT2D eigenvalue weighted by Crippen LogP contribution is 2.25. The zero-order chi connectivity index (χ0) is 46.6. The largest absolute Gasteiger partial charge is 0.508 e. The van der Waals surface area contributed by atoms with E-state index in [-0.39, 0.29) is 36.8 Å². The van der Waals surface area contributed by atoms with E-state index in [4.69, 9.17) is 15.3 Å². The van der Waals surface area contributed by atoms with Crippen molar-refractivity contribution in [3.05, 3.63) is 59.2 Å². The van der Waals surface area contributed by atoms with Crippen LogP contribution in [0.3, 0.4) is 0 Å². The lowest BCUT2D eigenvalue weighted by Crippen LogP contribution is -2.60. The number of nitrogens with two attached hydrogens (primary N) is 1. The Morgan fingerprint density at radius 2 is 1.69 bits per heavy atom. The molecule has 18 nitrogen and oxygen atoms in total. The lowest BCUT2D eigenvalue weighted by Gasteiger charge is -2.31. The van der Waals surface area contributed by atoms with E-state index in [9.17, 15) is 43.8 Å². The number of nitrogens with zero attached hydrogens (tertiary/aromatic N) is 2. The van der Waals surface area contributed by atoms with Crippen LogP contribution >= 0.6 is 23.5 Å². The third-order valence-electron chi connectivity index (χ3n) is 10.8. The van der Waals surface area contributed by atoms with Crippen molar-refractivity contribution in [3.8, 4) is 11.5 Å². The van der Waals surface area contributed by atoms with Gasteiger partial charge in [-0.2, -0.15) is 23.5 Å². The number of amides is 6. The number of carbonyl (C=O) groups excluding carboxylic acids is 6. The number of hydrogen-bond acceptors (Lipinski definition) is 13. The monoisotopic (exact) mass is 927 g/mol. The maximum atomic E-state index is 14.6. The van der Waals surface area contributed by atoms with Crippen molar-refractivity contribution >= 4 is 71.2 Å². The summed E-state index contributed by atoms with van der Waals surface area (Å²) in [4.78, 5) is 99.6. The van der Waals surface area contributed by atoms with Crippen molar-refractivity contribution in [2.75, 3.05) is 31.8 Å². The molecule has 0 saturated carbocycles. The van der Waals surface area contributed by atoms with E-state index < -0.39 is 78.0 Å². The molecular weight excluding hydrogens is 867 g/mol. The topological polar surface area (TPSA) is 268 Å². The Labute approximate surface area is 381 Å². The molecule has 2 bridgehead atoms. The fourth-order valence-electron chi connectivity index (χ4n) is 7.24. The maximum absolute atomic E-state index is 14.6. The van der Waals surface area contributed by atoms with Gasteiger partial charge in [-0.25, -0.2) is 0 Å². The van der Waals surface area contributed by atoms with E-state index in [1.54, 1.807) is 30.8 Å². The molecule has 2 aromatic rings. The highest BCUT2D eigenvalue weighted by molar-refractivity contribution is 7.98. The molecule has 350 valence electrons. The number of carboxylic acid groups (broad SMARTS) is 1. The van der Waals surface area contributed by atoms with Gasteiger partial charge in [0.1, 0.15) is 54.5 Å². The van der Waals surface area contributed by atoms with Crippen LogP contribution in [-0.2, 0) is 56.3 Å². The summed E-state index contributed by atoms with van der Waals surface area (Å²) in [6.07, 6.45) is 6.59. The van der Waals surface area contributed by atoms with Gasteiger partial charge in [-0.15, -0.1) is 0 Å². The Balaban J connectivity index is 1.66. The number of aromatic hydroxyl groups is 1. The van der Waals surface area contributed by atoms with Gasteiger partial charge in [0.25, 0.3) is 5.91 Å². The van der Waals surface area contributed by atoms with Gasteiger partial charge < -0.3 is 51.7 Å². The first kappa shape index (κ1) is 51.1. The number of carboxylic acids is 1. The number of benzene rings is 2. The Morgan fingerprint density at radius 3 is 2.38 bits per heavy atom. The molecule has 0 aliphatic carbocycles. The predicted molar refractivity (Wildman–Crippen MR) is 243 cm³/mol. The molecule has 6 atom stereocenters. The van der Waals surface area contributed by atoms with Crippen molar-refractivity contribution < 1.29 is 53.3 Å². The average Bonchev–Trinajstić information content (AvgIpc) is 3.75. The highest BCUT2D eigenvalue weighted by Gasteiger charge is 2.40. The number of fused-ring (bicyclic) bond motifs is 2. The Morgan fingerprint density at radius 1 is 0.969 bits per heavy atom. The fourth-order valence-corrected chi connectivity index (χ4v) is 8.73. The number of ether oxygens (including phenoxy) is 1. The number of thioether (sulfide) groups is 2. The van der Waals surface area contributed by atoms with Gasteiger partial charge in [0.05, 0.1) is 13.0 Å². The number of carbonyl (C=O) groups is 7. The van der Waals surface area contributed by atoms with E-state index in [0.29, 0.717) is 37.4 Å². The summed E-state index contributed by atoms with van der Waals surface area (Å²) in [7, 11) is 0. The van der Waals surface area contributed by atoms with E-state index in [0.717, 1.165) is 54.5 Å². The zero-order valence-corrected chi connectivity index (χ0v) is 38.2. The predicted octanol–water partition coefficient (Wildman–Crippen LogP) is 2.62. The molecule has 64 heavy (non-hydrogen) atoms. The van der Waals surface area contributed by atoms with Gasteiger partial charge in [0.15, 0.2) is 0 Å². The smallest absolute Gasteiger partial charge is 0.305 e. The van der Waals surface area contributed by atoms with Gasteiger partial charge in [-0.05, 0) is 91.7 Å². The molecule has 20 heteroatoms. The molecule has 0 aromatic heterocycles. The summed E-state index contributed by atoms with van der Waals surface area (Å²) in [6.45, 7) is 4.58. The number of phenols is 1. The second-order valence-corrected chi connectivity index (χ2v) is 17.8. The normalized spacial score (nSPS) is 21.1. The van der Waals surface area contributed by atoms with Gasteiger partial charge in [-0.3, -0.25) is 33.6 Å². The highest BCUT2D eigenvalue weighted by atomic mass is 32.2. The lowest BCUT2D eigenvalue weighted by atomic mass is 9.98. The molecule has 2 aliphatic heterocycles. The molecule has 1 saturated heterocycles. The second kappa shape index (κ2) is 26.3. The summed E-state index contributed by atoms with van der Waals surface area (Å²) < 4.78 is 6.15. The second-order valence-electron chi connectivity index (χ2n) is 15.9. The van der Waals surface area contributed by atoms with E-state index in [2.05, 4.69) is 32.5 Å². The number of primary amides is 1. The minimum absolute atomic E-state index is 0.0225. The summed E-state index contributed by atoms with van der Waals surface area (Å²) in [5.74, 6) is -4.28. The third kappa shape index (κ3) is 16.6. The van der Waals surface area contributed by atoms with Crippen LogP contribution in [0.15, 0.2) is 47.6 Å². The van der Waals surface area contributed by atoms with Gasteiger partial charge in [0, 0.05) is 30.2 Å². The molecule has 1 fully saturated rings. The van der Waals surface area contributed by atoms with Crippen LogP contribution in [0, 0.1) is 5.92 Å². The summed E-state index contributed by atoms with van der Waals surface area (Å²) in [6, 6.07) is 5.82. The van der Waals surface area contributed by atoms with E-state index in [1.165, 1.54) is 28.8 Å². The SMILES string of the molecule is CC[C@H](C)[C@@H]1NC(=O)/C=N/OCCCCCCOc2cc(CSC)cc(c2)CSC[C@@H](C(=O)N[C@@H](Cc2ccc(O)cc2)C(=O)N2CCC[C@H]2C(=O)N[C@@H](CC(=O)O)C(N)=O)NC1=O. The number of aliphatic carboxylic acids is 1. The van der Waals surface area contributed by atoms with Crippen LogP contribution in [0.25, 0.3) is 0 Å². The lowest BCUT2D eigenvalue weighted by molar-refractivity contribution is -0.143. The van der Waals surface area contributed by atoms with E-state index in [1.807, 2.05) is 25.3 Å². The van der Waals surface area contributed by atoms with Crippen molar-refractivity contribution in [3.63, 3.8) is 0 Å². The molecule has 2 heterocycles. The molecular formula is C44H61N7O11S2. The molecule has 2 aromatic carbocycles. The first-order chi connectivity index (χ1) is 30.7. The van der Waals surface area contributed by atoms with Crippen LogP contribution in [0.5, 0.6) is 11.5 Å². The van der Waals surface area contributed by atoms with Crippen LogP contribution in [0.4, 0.5) is 0 Å². The first-order valence-corrected chi connectivity index (χ1v) is 24.0. The number of phenolic OH excluding ortho intramolecular Hbond substituents is 1. The maximum Gasteiger partial charge on any atom is 0.305 e. The van der Waals surface area contributed by atoms with Crippen LogP contribution in [-0.4, -0.2) is 125 Å². The summed E-state index contributed by atoms with van der Waals surface area (Å²) in [5.41, 5.74) is 7.94. The van der Waals surface area contributed by atoms with Crippen molar-refractivity contribution in [1.82, 2.24) is 26.2 Å². The Hall–Kier alpha value is -5.50. The van der Waals surface area contributed by atoms with Gasteiger partial charge in [-0.1, -0.05) is 43.6 Å². The van der Waals surface area contributed by atoms with Crippen molar-refractivity contribution in [2.45, 2.75) is 113 Å².